The SMILES string of the molecule is CCCCS(=O)(=O)N1CCCC(C(=O)NCc2ccco2)C1. The van der Waals surface area contributed by atoms with E-state index in [1.165, 1.54) is 4.31 Å². The fourth-order valence-corrected chi connectivity index (χ4v) is 4.32. The standard InChI is InChI=1S/C15H24N2O4S/c1-2-3-10-22(19,20)17-8-4-6-13(12-17)15(18)16-11-14-7-5-9-21-14/h5,7,9,13H,2-4,6,8,10-12H2,1H3,(H,16,18). The van der Waals surface area contributed by atoms with Crippen LogP contribution in [-0.4, -0.2) is 37.5 Å². The fourth-order valence-electron chi connectivity index (χ4n) is 2.60. The Morgan fingerprint density at radius 3 is 3.00 bits per heavy atom. The Balaban J connectivity index is 1.88. The molecule has 1 saturated heterocycles. The second kappa shape index (κ2) is 7.78. The van der Waals surface area contributed by atoms with Gasteiger partial charge in [0, 0.05) is 13.1 Å². The predicted octanol–water partition coefficient (Wildman–Crippen LogP) is 1.74. The number of hydrogen-bond acceptors (Lipinski definition) is 4. The largest absolute Gasteiger partial charge is 0.467 e. The fraction of sp³-hybridized carbons (Fsp3) is 0.667. The molecule has 1 N–H and O–H groups in total. The molecule has 2 heterocycles. The molecule has 7 heteroatoms. The van der Waals surface area contributed by atoms with Crippen LogP contribution in [0.1, 0.15) is 38.4 Å². The number of carbonyl (C=O) groups is 1. The summed E-state index contributed by atoms with van der Waals surface area (Å²) in [6.07, 6.45) is 4.52. The van der Waals surface area contributed by atoms with Crippen LogP contribution in [0, 0.1) is 5.92 Å². The van der Waals surface area contributed by atoms with Crippen molar-refractivity contribution in [2.75, 3.05) is 18.8 Å². The summed E-state index contributed by atoms with van der Waals surface area (Å²) in [5.74, 6) is 0.480. The van der Waals surface area contributed by atoms with Crippen molar-refractivity contribution in [1.29, 1.82) is 0 Å². The van der Waals surface area contributed by atoms with Crippen LogP contribution in [0.15, 0.2) is 22.8 Å². The van der Waals surface area contributed by atoms with Crippen LogP contribution in [0.2, 0.25) is 0 Å². The molecule has 0 spiro atoms. The van der Waals surface area contributed by atoms with Gasteiger partial charge in [0.1, 0.15) is 5.76 Å². The van der Waals surface area contributed by atoms with Gasteiger partial charge < -0.3 is 9.73 Å². The molecule has 1 aliphatic rings. The highest BCUT2D eigenvalue weighted by molar-refractivity contribution is 7.89. The van der Waals surface area contributed by atoms with Crippen molar-refractivity contribution in [2.45, 2.75) is 39.2 Å². The summed E-state index contributed by atoms with van der Waals surface area (Å²) in [4.78, 5) is 12.2. The average molecular weight is 328 g/mol. The van der Waals surface area contributed by atoms with Gasteiger partial charge >= 0.3 is 0 Å². The van der Waals surface area contributed by atoms with Crippen LogP contribution in [0.5, 0.6) is 0 Å². The number of rotatable bonds is 7. The van der Waals surface area contributed by atoms with E-state index in [-0.39, 0.29) is 24.1 Å². The Labute approximate surface area is 131 Å². The van der Waals surface area contributed by atoms with E-state index in [2.05, 4.69) is 5.32 Å². The smallest absolute Gasteiger partial charge is 0.224 e. The third-order valence-corrected chi connectivity index (χ3v) is 5.84. The van der Waals surface area contributed by atoms with Crippen LogP contribution < -0.4 is 5.32 Å². The van der Waals surface area contributed by atoms with Crippen LogP contribution in [0.4, 0.5) is 0 Å². The number of piperidine rings is 1. The van der Waals surface area contributed by atoms with Gasteiger partial charge in [-0.25, -0.2) is 12.7 Å². The van der Waals surface area contributed by atoms with Gasteiger partial charge in [0.05, 0.1) is 24.5 Å². The van der Waals surface area contributed by atoms with Gasteiger partial charge in [-0.2, -0.15) is 0 Å². The predicted molar refractivity (Wildman–Crippen MR) is 83.5 cm³/mol. The van der Waals surface area contributed by atoms with Gasteiger partial charge in [0.25, 0.3) is 0 Å². The third-order valence-electron chi connectivity index (χ3n) is 3.92. The van der Waals surface area contributed by atoms with Crippen molar-refractivity contribution in [3.8, 4) is 0 Å². The van der Waals surface area contributed by atoms with E-state index in [1.54, 1.807) is 18.4 Å². The molecule has 0 aliphatic carbocycles. The minimum Gasteiger partial charge on any atom is -0.467 e. The van der Waals surface area contributed by atoms with E-state index in [0.29, 0.717) is 25.3 Å². The summed E-state index contributed by atoms with van der Waals surface area (Å²) in [5, 5.41) is 2.82. The first kappa shape index (κ1) is 17.0. The Hall–Kier alpha value is -1.34. The number of furan rings is 1. The zero-order valence-corrected chi connectivity index (χ0v) is 13.8. The van der Waals surface area contributed by atoms with Gasteiger partial charge in [0.2, 0.25) is 15.9 Å². The number of sulfonamides is 1. The van der Waals surface area contributed by atoms with Crippen molar-refractivity contribution in [2.24, 2.45) is 5.92 Å². The molecule has 1 fully saturated rings. The Kier molecular flexibility index (Phi) is 6.02. The molecule has 1 amide bonds. The van der Waals surface area contributed by atoms with Crippen molar-refractivity contribution in [3.05, 3.63) is 24.2 Å². The van der Waals surface area contributed by atoms with E-state index < -0.39 is 10.0 Å². The molecule has 0 aromatic carbocycles. The topological polar surface area (TPSA) is 79.6 Å². The van der Waals surface area contributed by atoms with E-state index in [1.807, 2.05) is 6.92 Å². The number of hydrogen-bond donors (Lipinski definition) is 1. The molecule has 124 valence electrons. The highest BCUT2D eigenvalue weighted by atomic mass is 32.2. The first-order chi connectivity index (χ1) is 10.5. The quantitative estimate of drug-likeness (QED) is 0.827. The summed E-state index contributed by atoms with van der Waals surface area (Å²) in [6, 6.07) is 3.56. The molecule has 1 aromatic heterocycles. The van der Waals surface area contributed by atoms with Crippen LogP contribution >= 0.6 is 0 Å². The maximum Gasteiger partial charge on any atom is 0.224 e. The van der Waals surface area contributed by atoms with Gasteiger partial charge in [-0.1, -0.05) is 13.3 Å². The summed E-state index contributed by atoms with van der Waals surface area (Å²) >= 11 is 0. The molecule has 0 saturated carbocycles. The van der Waals surface area contributed by atoms with Crippen LogP contribution in [-0.2, 0) is 21.4 Å². The monoisotopic (exact) mass is 328 g/mol. The van der Waals surface area contributed by atoms with Gasteiger partial charge in [0.15, 0.2) is 0 Å². The van der Waals surface area contributed by atoms with E-state index in [0.717, 1.165) is 19.3 Å². The maximum atomic E-state index is 12.2. The lowest BCUT2D eigenvalue weighted by Gasteiger charge is -2.31. The summed E-state index contributed by atoms with van der Waals surface area (Å²) in [5.41, 5.74) is 0. The second-order valence-corrected chi connectivity index (χ2v) is 7.75. The Morgan fingerprint density at radius 2 is 2.32 bits per heavy atom. The first-order valence-corrected chi connectivity index (χ1v) is 9.41. The average Bonchev–Trinajstić information content (AvgIpc) is 3.04. The highest BCUT2D eigenvalue weighted by Gasteiger charge is 2.31. The number of nitrogens with zero attached hydrogens (tertiary/aromatic N) is 1. The van der Waals surface area contributed by atoms with Crippen LogP contribution in [0.25, 0.3) is 0 Å². The van der Waals surface area contributed by atoms with Gasteiger partial charge in [-0.05, 0) is 31.4 Å². The van der Waals surface area contributed by atoms with Crippen molar-refractivity contribution >= 4 is 15.9 Å². The van der Waals surface area contributed by atoms with E-state index >= 15 is 0 Å². The van der Waals surface area contributed by atoms with Crippen molar-refractivity contribution in [1.82, 2.24) is 9.62 Å². The van der Waals surface area contributed by atoms with Crippen molar-refractivity contribution < 1.29 is 17.6 Å². The molecule has 1 aliphatic heterocycles. The Bertz CT molecular complexity index is 568. The second-order valence-electron chi connectivity index (χ2n) is 5.66. The zero-order chi connectivity index (χ0) is 16.0. The minimum atomic E-state index is -3.24. The molecule has 1 unspecified atom stereocenters. The molecular formula is C15H24N2O4S. The lowest BCUT2D eigenvalue weighted by atomic mass is 9.99. The molecule has 1 aromatic rings. The summed E-state index contributed by atoms with van der Waals surface area (Å²) in [6.45, 7) is 3.12. The van der Waals surface area contributed by atoms with Crippen LogP contribution in [0.3, 0.4) is 0 Å². The summed E-state index contributed by atoms with van der Waals surface area (Å²) in [7, 11) is -3.24. The van der Waals surface area contributed by atoms with Crippen molar-refractivity contribution in [3.63, 3.8) is 0 Å². The molecular weight excluding hydrogens is 304 g/mol. The third kappa shape index (κ3) is 4.58. The molecule has 22 heavy (non-hydrogen) atoms. The number of carbonyl (C=O) groups excluding carboxylic acids is 1. The maximum absolute atomic E-state index is 12.2. The molecule has 2 rings (SSSR count). The van der Waals surface area contributed by atoms with Gasteiger partial charge in [-0.15, -0.1) is 0 Å². The zero-order valence-electron chi connectivity index (χ0n) is 13.0. The lowest BCUT2D eigenvalue weighted by Crippen LogP contribution is -2.45. The normalized spacial score (nSPS) is 20.0. The lowest BCUT2D eigenvalue weighted by molar-refractivity contribution is -0.126. The molecule has 0 bridgehead atoms. The summed E-state index contributed by atoms with van der Waals surface area (Å²) < 4.78 is 31.1. The highest BCUT2D eigenvalue weighted by Crippen LogP contribution is 2.20. The van der Waals surface area contributed by atoms with E-state index in [9.17, 15) is 13.2 Å². The Morgan fingerprint density at radius 1 is 1.50 bits per heavy atom. The number of amides is 1. The van der Waals surface area contributed by atoms with E-state index in [4.69, 9.17) is 4.42 Å². The minimum absolute atomic E-state index is 0.105. The number of nitrogens with one attached hydrogen (secondary N) is 1. The van der Waals surface area contributed by atoms with Gasteiger partial charge in [-0.3, -0.25) is 4.79 Å². The number of unbranched alkanes of at least 4 members (excludes halogenated alkanes) is 1. The molecule has 6 nitrogen and oxygen atoms in total. The molecule has 0 radical (unpaired) electrons. The molecule has 1 atom stereocenters. The first-order valence-electron chi connectivity index (χ1n) is 7.81.